The highest BCUT2D eigenvalue weighted by molar-refractivity contribution is 5.96. The lowest BCUT2D eigenvalue weighted by Crippen LogP contribution is -2.43. The van der Waals surface area contributed by atoms with E-state index in [1.165, 1.54) is 20.8 Å². The SMILES string of the molecule is CCC(C)C(=O)OC1C(C)CC23OC12C=C(C)C(OC(C)=O)C(OC(C)=O)C1C(C(OC(C)=O)C(C)C3=O)C1(C)C. The molecule has 3 fully saturated rings. The molecule has 3 aliphatic carbocycles. The summed E-state index contributed by atoms with van der Waals surface area (Å²) in [6.07, 6.45) is -0.932. The third-order valence-electron chi connectivity index (χ3n) is 9.83. The maximum Gasteiger partial charge on any atom is 0.309 e. The molecule has 2 saturated carbocycles. The highest BCUT2D eigenvalue weighted by atomic mass is 16.7. The number of ketones is 1. The van der Waals surface area contributed by atoms with Crippen LogP contribution in [0, 0.1) is 35.0 Å². The van der Waals surface area contributed by atoms with Gasteiger partial charge < -0.3 is 23.7 Å². The number of Topliss-reactive ketones (excluding diaryl/α,β-unsaturated/α-hetero) is 1. The average Bonchev–Trinajstić information content (AvgIpc) is 3.65. The predicted octanol–water partition coefficient (Wildman–Crippen LogP) is 3.72. The number of hydrogen-bond acceptors (Lipinski definition) is 10. The minimum Gasteiger partial charge on any atom is -0.461 e. The third kappa shape index (κ3) is 5.00. The van der Waals surface area contributed by atoms with E-state index in [0.717, 1.165) is 0 Å². The Morgan fingerprint density at radius 2 is 1.49 bits per heavy atom. The molecule has 1 aliphatic heterocycles. The van der Waals surface area contributed by atoms with E-state index >= 15 is 0 Å². The first-order valence-electron chi connectivity index (χ1n) is 14.6. The van der Waals surface area contributed by atoms with Crippen LogP contribution in [0.25, 0.3) is 0 Å². The van der Waals surface area contributed by atoms with Crippen LogP contribution in [0.5, 0.6) is 0 Å². The number of fused-ring (bicyclic) bond motifs is 1. The van der Waals surface area contributed by atoms with Gasteiger partial charge in [-0.2, -0.15) is 0 Å². The van der Waals surface area contributed by atoms with Gasteiger partial charge in [0, 0.05) is 32.6 Å². The van der Waals surface area contributed by atoms with Crippen LogP contribution in [-0.2, 0) is 47.7 Å². The normalized spacial score (nSPS) is 41.2. The van der Waals surface area contributed by atoms with Crippen molar-refractivity contribution in [2.24, 2.45) is 35.0 Å². The molecule has 228 valence electrons. The molecule has 11 atom stereocenters. The molecule has 0 aromatic heterocycles. The van der Waals surface area contributed by atoms with Gasteiger partial charge in [-0.15, -0.1) is 0 Å². The Morgan fingerprint density at radius 1 is 0.951 bits per heavy atom. The first-order chi connectivity index (χ1) is 18.9. The maximum atomic E-state index is 14.4. The number of rotatable bonds is 6. The van der Waals surface area contributed by atoms with Gasteiger partial charge >= 0.3 is 23.9 Å². The number of carbonyl (C=O) groups is 5. The van der Waals surface area contributed by atoms with Crippen LogP contribution in [0.15, 0.2) is 11.6 Å². The largest absolute Gasteiger partial charge is 0.461 e. The Labute approximate surface area is 241 Å². The lowest BCUT2D eigenvalue weighted by atomic mass is 9.80. The number of esters is 4. The summed E-state index contributed by atoms with van der Waals surface area (Å²) in [7, 11) is 0. The van der Waals surface area contributed by atoms with Gasteiger partial charge in [0.05, 0.1) is 11.8 Å². The van der Waals surface area contributed by atoms with Gasteiger partial charge in [0.15, 0.2) is 23.1 Å². The van der Waals surface area contributed by atoms with Crippen molar-refractivity contribution in [1.29, 1.82) is 0 Å². The summed E-state index contributed by atoms with van der Waals surface area (Å²) < 4.78 is 29.9. The zero-order valence-corrected chi connectivity index (χ0v) is 25.8. The first-order valence-corrected chi connectivity index (χ1v) is 14.6. The molecule has 1 heterocycles. The molecule has 1 saturated heterocycles. The van der Waals surface area contributed by atoms with Crippen LogP contribution >= 0.6 is 0 Å². The van der Waals surface area contributed by atoms with Gasteiger partial charge in [-0.1, -0.05) is 41.5 Å². The highest BCUT2D eigenvalue weighted by Crippen LogP contribution is 2.69. The minimum atomic E-state index is -1.32. The topological polar surface area (TPSA) is 135 Å². The fraction of sp³-hybridized carbons (Fsp3) is 0.774. The van der Waals surface area contributed by atoms with Gasteiger partial charge in [-0.25, -0.2) is 0 Å². The zero-order chi connectivity index (χ0) is 30.8. The summed E-state index contributed by atoms with van der Waals surface area (Å²) in [6.45, 7) is 16.8. The summed E-state index contributed by atoms with van der Waals surface area (Å²) in [5.74, 6) is -4.42. The predicted molar refractivity (Wildman–Crippen MR) is 145 cm³/mol. The van der Waals surface area contributed by atoms with Gasteiger partial charge in [0.25, 0.3) is 0 Å². The molecule has 10 heteroatoms. The van der Waals surface area contributed by atoms with Crippen LogP contribution in [0.2, 0.25) is 0 Å². The number of ether oxygens (including phenoxy) is 5. The molecular formula is C31H44O10. The Morgan fingerprint density at radius 3 is 2.02 bits per heavy atom. The van der Waals surface area contributed by atoms with Crippen molar-refractivity contribution in [2.45, 2.75) is 118 Å². The fourth-order valence-corrected chi connectivity index (χ4v) is 7.62. The van der Waals surface area contributed by atoms with Gasteiger partial charge in [-0.3, -0.25) is 24.0 Å². The molecule has 0 spiro atoms. The zero-order valence-electron chi connectivity index (χ0n) is 25.8. The van der Waals surface area contributed by atoms with Crippen LogP contribution < -0.4 is 0 Å². The van der Waals surface area contributed by atoms with Crippen molar-refractivity contribution in [3.63, 3.8) is 0 Å². The van der Waals surface area contributed by atoms with Gasteiger partial charge in [0.2, 0.25) is 0 Å². The molecule has 0 N–H and O–H groups in total. The Hall–Kier alpha value is -2.75. The molecule has 4 aliphatic rings. The number of hydrogen-bond donors (Lipinski definition) is 0. The second kappa shape index (κ2) is 10.5. The van der Waals surface area contributed by atoms with E-state index < -0.39 is 64.9 Å². The molecule has 0 aromatic carbocycles. The van der Waals surface area contributed by atoms with E-state index in [0.29, 0.717) is 18.4 Å². The van der Waals surface area contributed by atoms with Crippen molar-refractivity contribution in [2.75, 3.05) is 0 Å². The van der Waals surface area contributed by atoms with Crippen molar-refractivity contribution in [1.82, 2.24) is 0 Å². The van der Waals surface area contributed by atoms with Gasteiger partial charge in [-0.05, 0) is 42.7 Å². The highest BCUT2D eigenvalue weighted by Gasteiger charge is 2.84. The second-order valence-corrected chi connectivity index (χ2v) is 13.2. The van der Waals surface area contributed by atoms with E-state index in [9.17, 15) is 24.0 Å². The van der Waals surface area contributed by atoms with E-state index in [4.69, 9.17) is 23.7 Å². The fourth-order valence-electron chi connectivity index (χ4n) is 7.62. The average molecular weight is 577 g/mol. The minimum absolute atomic E-state index is 0.228. The summed E-state index contributed by atoms with van der Waals surface area (Å²) in [6, 6.07) is 0. The van der Waals surface area contributed by atoms with Crippen molar-refractivity contribution < 1.29 is 47.7 Å². The number of carbonyl (C=O) groups excluding carboxylic acids is 5. The van der Waals surface area contributed by atoms with Crippen LogP contribution in [-0.4, -0.2) is 65.3 Å². The van der Waals surface area contributed by atoms with Crippen LogP contribution in [0.1, 0.15) is 82.1 Å². The lowest BCUT2D eigenvalue weighted by Gasteiger charge is -2.30. The van der Waals surface area contributed by atoms with Gasteiger partial charge in [0.1, 0.15) is 18.3 Å². The van der Waals surface area contributed by atoms with Crippen molar-refractivity contribution in [3.8, 4) is 0 Å². The maximum absolute atomic E-state index is 14.4. The molecule has 0 amide bonds. The van der Waals surface area contributed by atoms with E-state index in [1.807, 2.05) is 27.7 Å². The second-order valence-electron chi connectivity index (χ2n) is 13.2. The molecule has 11 unspecified atom stereocenters. The molecular weight excluding hydrogens is 532 g/mol. The van der Waals surface area contributed by atoms with E-state index in [-0.39, 0.29) is 35.4 Å². The molecule has 41 heavy (non-hydrogen) atoms. The summed E-state index contributed by atoms with van der Waals surface area (Å²) in [5, 5.41) is 0. The summed E-state index contributed by atoms with van der Waals surface area (Å²) in [4.78, 5) is 64.5. The Kier molecular flexibility index (Phi) is 7.99. The Balaban J connectivity index is 1.91. The standard InChI is InChI=1S/C31H44O10/c1-11-14(2)28(36)40-27-16(4)13-30-26(35)17(5)24(38-19(7)33)21-22(29(21,9)10)25(39-20(8)34)23(37-18(6)32)15(3)12-31(27,30)41-30/h12,14,16-17,21-25,27H,11,13H2,1-10H3. The smallest absolute Gasteiger partial charge is 0.309 e. The van der Waals surface area contributed by atoms with Crippen molar-refractivity contribution in [3.05, 3.63) is 11.6 Å². The van der Waals surface area contributed by atoms with E-state index in [1.54, 1.807) is 26.8 Å². The molecule has 0 bridgehead atoms. The quantitative estimate of drug-likeness (QED) is 0.199. The van der Waals surface area contributed by atoms with Crippen LogP contribution in [0.4, 0.5) is 0 Å². The molecule has 0 aromatic rings. The van der Waals surface area contributed by atoms with E-state index in [2.05, 4.69) is 0 Å². The monoisotopic (exact) mass is 576 g/mol. The first kappa shape index (κ1) is 31.2. The number of epoxide rings is 1. The third-order valence-corrected chi connectivity index (χ3v) is 9.83. The molecule has 4 rings (SSSR count). The summed E-state index contributed by atoms with van der Waals surface area (Å²) >= 11 is 0. The van der Waals surface area contributed by atoms with Crippen LogP contribution in [0.3, 0.4) is 0 Å². The summed E-state index contributed by atoms with van der Waals surface area (Å²) in [5.41, 5.74) is -2.64. The molecule has 10 nitrogen and oxygen atoms in total. The Bertz CT molecular complexity index is 1170. The lowest BCUT2D eigenvalue weighted by molar-refractivity contribution is -0.166. The molecule has 0 radical (unpaired) electrons. The van der Waals surface area contributed by atoms with Crippen molar-refractivity contribution >= 4 is 29.7 Å².